The lowest BCUT2D eigenvalue weighted by atomic mass is 10.0. The maximum absolute atomic E-state index is 13.5. The lowest BCUT2D eigenvalue weighted by Gasteiger charge is -2.31. The van der Waals surface area contributed by atoms with E-state index in [-0.39, 0.29) is 24.1 Å². The Morgan fingerprint density at radius 3 is 2.22 bits per heavy atom. The van der Waals surface area contributed by atoms with Crippen molar-refractivity contribution in [2.75, 3.05) is 12.3 Å². The van der Waals surface area contributed by atoms with Gasteiger partial charge in [-0.15, -0.1) is 11.8 Å². The average Bonchev–Trinajstić information content (AvgIpc) is 2.82. The van der Waals surface area contributed by atoms with Crippen molar-refractivity contribution < 1.29 is 9.59 Å². The Hall–Kier alpha value is -2.76. The predicted molar refractivity (Wildman–Crippen MR) is 132 cm³/mol. The lowest BCUT2D eigenvalue weighted by molar-refractivity contribution is -0.139. The SMILES string of the molecule is CCNC(=O)C(Cc1ccccc1)N(Cc1ccccc1Cl)C(=O)CSc1ccccc1. The van der Waals surface area contributed by atoms with Gasteiger partial charge in [-0.05, 0) is 36.2 Å². The Balaban J connectivity index is 1.89. The summed E-state index contributed by atoms with van der Waals surface area (Å²) in [6.45, 7) is 2.64. The monoisotopic (exact) mass is 466 g/mol. The van der Waals surface area contributed by atoms with Crippen LogP contribution in [0, 0.1) is 0 Å². The quantitative estimate of drug-likeness (QED) is 0.417. The third-order valence-corrected chi connectivity index (χ3v) is 6.39. The van der Waals surface area contributed by atoms with E-state index in [1.807, 2.05) is 85.8 Å². The van der Waals surface area contributed by atoms with Crippen LogP contribution in [0.1, 0.15) is 18.1 Å². The molecule has 0 aliphatic heterocycles. The number of hydrogen-bond donors (Lipinski definition) is 1. The second kappa shape index (κ2) is 12.3. The molecule has 0 bridgehead atoms. The normalized spacial score (nSPS) is 11.6. The van der Waals surface area contributed by atoms with Crippen molar-refractivity contribution in [2.24, 2.45) is 0 Å². The summed E-state index contributed by atoms with van der Waals surface area (Å²) in [5, 5.41) is 3.48. The van der Waals surface area contributed by atoms with Gasteiger partial charge in [0.25, 0.3) is 0 Å². The molecule has 6 heteroatoms. The number of likely N-dealkylation sites (N-methyl/N-ethyl adjacent to an activating group) is 1. The number of carbonyl (C=O) groups is 2. The van der Waals surface area contributed by atoms with Gasteiger partial charge in [-0.2, -0.15) is 0 Å². The van der Waals surface area contributed by atoms with Gasteiger partial charge < -0.3 is 10.2 Å². The van der Waals surface area contributed by atoms with Gasteiger partial charge >= 0.3 is 0 Å². The molecule has 0 aliphatic rings. The van der Waals surface area contributed by atoms with E-state index in [0.29, 0.717) is 18.0 Å². The first-order valence-corrected chi connectivity index (χ1v) is 12.0. The molecule has 32 heavy (non-hydrogen) atoms. The van der Waals surface area contributed by atoms with Gasteiger partial charge in [0.05, 0.1) is 5.75 Å². The maximum atomic E-state index is 13.5. The van der Waals surface area contributed by atoms with Crippen molar-refractivity contribution in [3.63, 3.8) is 0 Å². The number of nitrogens with zero attached hydrogens (tertiary/aromatic N) is 1. The van der Waals surface area contributed by atoms with E-state index in [0.717, 1.165) is 16.0 Å². The van der Waals surface area contributed by atoms with E-state index in [2.05, 4.69) is 5.32 Å². The molecule has 166 valence electrons. The number of amides is 2. The van der Waals surface area contributed by atoms with Crippen LogP contribution in [0.4, 0.5) is 0 Å². The zero-order valence-electron chi connectivity index (χ0n) is 18.0. The number of halogens is 1. The summed E-state index contributed by atoms with van der Waals surface area (Å²) in [5.74, 6) is -0.0356. The summed E-state index contributed by atoms with van der Waals surface area (Å²) in [4.78, 5) is 29.2. The third-order valence-electron chi connectivity index (χ3n) is 5.03. The van der Waals surface area contributed by atoms with Crippen LogP contribution in [0.5, 0.6) is 0 Å². The highest BCUT2D eigenvalue weighted by atomic mass is 35.5. The molecule has 0 spiro atoms. The molecule has 3 rings (SSSR count). The topological polar surface area (TPSA) is 49.4 Å². The van der Waals surface area contributed by atoms with Gasteiger partial charge in [-0.1, -0.05) is 78.3 Å². The van der Waals surface area contributed by atoms with Crippen LogP contribution in [-0.2, 0) is 22.6 Å². The summed E-state index contributed by atoms with van der Waals surface area (Å²) in [7, 11) is 0. The van der Waals surface area contributed by atoms with E-state index in [1.165, 1.54) is 11.8 Å². The zero-order valence-corrected chi connectivity index (χ0v) is 19.6. The minimum atomic E-state index is -0.641. The first kappa shape index (κ1) is 23.9. The Labute approximate surface area is 199 Å². The standard InChI is InChI=1S/C26H27ClN2O2S/c1-2-28-26(31)24(17-20-11-5-3-6-12-20)29(18-21-13-9-10-16-23(21)27)25(30)19-32-22-14-7-4-8-15-22/h3-16,24H,2,17-19H2,1H3,(H,28,31). The number of benzene rings is 3. The molecule has 0 saturated carbocycles. The second-order valence-electron chi connectivity index (χ2n) is 7.31. The molecular weight excluding hydrogens is 440 g/mol. The van der Waals surface area contributed by atoms with E-state index in [4.69, 9.17) is 11.6 Å². The van der Waals surface area contributed by atoms with Crippen molar-refractivity contribution in [1.82, 2.24) is 10.2 Å². The summed E-state index contributed by atoms with van der Waals surface area (Å²) in [5.41, 5.74) is 1.81. The molecule has 0 aromatic heterocycles. The zero-order chi connectivity index (χ0) is 22.8. The van der Waals surface area contributed by atoms with Crippen LogP contribution >= 0.6 is 23.4 Å². The summed E-state index contributed by atoms with van der Waals surface area (Å²) in [6.07, 6.45) is 0.429. The number of carbonyl (C=O) groups excluding carboxylic acids is 2. The van der Waals surface area contributed by atoms with Crippen molar-refractivity contribution in [1.29, 1.82) is 0 Å². The summed E-state index contributed by atoms with van der Waals surface area (Å²) >= 11 is 7.87. The molecule has 1 unspecified atom stereocenters. The van der Waals surface area contributed by atoms with Crippen molar-refractivity contribution in [2.45, 2.75) is 30.8 Å². The van der Waals surface area contributed by atoms with Gasteiger partial charge in [-0.25, -0.2) is 0 Å². The Morgan fingerprint density at radius 1 is 0.938 bits per heavy atom. The average molecular weight is 467 g/mol. The lowest BCUT2D eigenvalue weighted by Crippen LogP contribution is -2.51. The minimum Gasteiger partial charge on any atom is -0.355 e. The van der Waals surface area contributed by atoms with Gasteiger partial charge in [0.2, 0.25) is 11.8 Å². The van der Waals surface area contributed by atoms with E-state index in [1.54, 1.807) is 11.0 Å². The van der Waals surface area contributed by atoms with Gasteiger partial charge in [0.15, 0.2) is 0 Å². The van der Waals surface area contributed by atoms with E-state index >= 15 is 0 Å². The van der Waals surface area contributed by atoms with Gasteiger partial charge in [0, 0.05) is 29.4 Å². The number of hydrogen-bond acceptors (Lipinski definition) is 3. The minimum absolute atomic E-state index is 0.106. The molecule has 0 heterocycles. The predicted octanol–water partition coefficient (Wildman–Crippen LogP) is 5.21. The molecule has 4 nitrogen and oxygen atoms in total. The van der Waals surface area contributed by atoms with Crippen LogP contribution in [0.2, 0.25) is 5.02 Å². The smallest absolute Gasteiger partial charge is 0.243 e. The second-order valence-corrected chi connectivity index (χ2v) is 8.77. The fourth-order valence-corrected chi connectivity index (χ4v) is 4.40. The Morgan fingerprint density at radius 2 is 1.56 bits per heavy atom. The molecule has 1 atom stereocenters. The molecule has 0 fully saturated rings. The molecule has 2 amide bonds. The molecule has 1 N–H and O–H groups in total. The molecule has 0 aliphatic carbocycles. The Bertz CT molecular complexity index is 1010. The first-order chi connectivity index (χ1) is 15.6. The van der Waals surface area contributed by atoms with Crippen molar-refractivity contribution in [3.8, 4) is 0 Å². The third kappa shape index (κ3) is 6.87. The van der Waals surface area contributed by atoms with Gasteiger partial charge in [-0.3, -0.25) is 9.59 Å². The van der Waals surface area contributed by atoms with Crippen LogP contribution in [0.3, 0.4) is 0 Å². The van der Waals surface area contributed by atoms with Crippen LogP contribution in [-0.4, -0.2) is 35.1 Å². The van der Waals surface area contributed by atoms with Crippen molar-refractivity contribution in [3.05, 3.63) is 101 Å². The summed E-state index contributed by atoms with van der Waals surface area (Å²) in [6, 6.07) is 26.4. The molecule has 0 saturated heterocycles. The number of nitrogens with one attached hydrogen (secondary N) is 1. The molecular formula is C26H27ClN2O2S. The molecule has 3 aromatic carbocycles. The van der Waals surface area contributed by atoms with Crippen LogP contribution in [0.25, 0.3) is 0 Å². The highest BCUT2D eigenvalue weighted by Gasteiger charge is 2.30. The molecule has 3 aromatic rings. The highest BCUT2D eigenvalue weighted by molar-refractivity contribution is 8.00. The highest BCUT2D eigenvalue weighted by Crippen LogP contribution is 2.23. The first-order valence-electron chi connectivity index (χ1n) is 10.6. The summed E-state index contributed by atoms with van der Waals surface area (Å²) < 4.78 is 0. The fraction of sp³-hybridized carbons (Fsp3) is 0.231. The number of thioether (sulfide) groups is 1. The van der Waals surface area contributed by atoms with Crippen LogP contribution < -0.4 is 5.32 Å². The van der Waals surface area contributed by atoms with E-state index < -0.39 is 6.04 Å². The van der Waals surface area contributed by atoms with Crippen LogP contribution in [0.15, 0.2) is 89.8 Å². The molecule has 0 radical (unpaired) electrons. The number of rotatable bonds is 10. The maximum Gasteiger partial charge on any atom is 0.243 e. The largest absolute Gasteiger partial charge is 0.355 e. The Kier molecular flexibility index (Phi) is 9.20. The van der Waals surface area contributed by atoms with Crippen molar-refractivity contribution >= 4 is 35.2 Å². The fourth-order valence-electron chi connectivity index (χ4n) is 3.40. The van der Waals surface area contributed by atoms with E-state index in [9.17, 15) is 9.59 Å². The van der Waals surface area contributed by atoms with Gasteiger partial charge in [0.1, 0.15) is 6.04 Å².